The maximum Gasteiger partial charge on any atom is 0.307 e. The van der Waals surface area contributed by atoms with Crippen molar-refractivity contribution in [3.05, 3.63) is 77.9 Å². The highest BCUT2D eigenvalue weighted by Crippen LogP contribution is 2.32. The zero-order valence-corrected chi connectivity index (χ0v) is 16.8. The van der Waals surface area contributed by atoms with Crippen molar-refractivity contribution in [3.8, 4) is 0 Å². The van der Waals surface area contributed by atoms with Gasteiger partial charge in [0.25, 0.3) is 0 Å². The molecule has 150 valence electrons. The van der Waals surface area contributed by atoms with Crippen LogP contribution in [0.1, 0.15) is 29.9 Å². The highest BCUT2D eigenvalue weighted by molar-refractivity contribution is 7.89. The van der Waals surface area contributed by atoms with E-state index in [9.17, 15) is 13.2 Å². The third-order valence-corrected chi connectivity index (χ3v) is 7.58. The molecule has 1 aliphatic rings. The molecule has 0 amide bonds. The molecule has 3 aromatic carbocycles. The largest absolute Gasteiger partial charge is 0.481 e. The lowest BCUT2D eigenvalue weighted by Gasteiger charge is -2.31. The van der Waals surface area contributed by atoms with Crippen LogP contribution in [0.3, 0.4) is 0 Å². The average Bonchev–Trinajstić information content (AvgIpc) is 2.73. The van der Waals surface area contributed by atoms with E-state index in [0.717, 1.165) is 34.7 Å². The van der Waals surface area contributed by atoms with Crippen molar-refractivity contribution in [1.29, 1.82) is 0 Å². The lowest BCUT2D eigenvalue weighted by Crippen LogP contribution is -2.38. The van der Waals surface area contributed by atoms with Crippen molar-refractivity contribution in [2.24, 2.45) is 0 Å². The topological polar surface area (TPSA) is 74.7 Å². The maximum absolute atomic E-state index is 13.3. The smallest absolute Gasteiger partial charge is 0.307 e. The number of piperidine rings is 1. The molecular formula is C23H23NO4S. The van der Waals surface area contributed by atoms with Gasteiger partial charge in [0.2, 0.25) is 10.0 Å². The highest BCUT2D eigenvalue weighted by atomic mass is 32.2. The van der Waals surface area contributed by atoms with Gasteiger partial charge in [-0.15, -0.1) is 0 Å². The summed E-state index contributed by atoms with van der Waals surface area (Å²) in [6, 6.07) is 20.6. The number of rotatable bonds is 5. The minimum Gasteiger partial charge on any atom is -0.481 e. The minimum atomic E-state index is -3.55. The van der Waals surface area contributed by atoms with E-state index in [0.29, 0.717) is 18.0 Å². The van der Waals surface area contributed by atoms with Gasteiger partial charge in [0.15, 0.2) is 0 Å². The molecule has 1 saturated heterocycles. The molecule has 0 aliphatic carbocycles. The fraction of sp³-hybridized carbons (Fsp3) is 0.261. The van der Waals surface area contributed by atoms with Crippen LogP contribution in [0.5, 0.6) is 0 Å². The number of benzene rings is 3. The summed E-state index contributed by atoms with van der Waals surface area (Å²) in [6.07, 6.45) is 1.52. The van der Waals surface area contributed by atoms with E-state index >= 15 is 0 Å². The predicted molar refractivity (Wildman–Crippen MR) is 112 cm³/mol. The second kappa shape index (κ2) is 7.97. The van der Waals surface area contributed by atoms with Gasteiger partial charge in [0.05, 0.1) is 11.3 Å². The van der Waals surface area contributed by atoms with E-state index in [2.05, 4.69) is 0 Å². The van der Waals surface area contributed by atoms with Gasteiger partial charge in [-0.2, -0.15) is 4.31 Å². The molecule has 6 heteroatoms. The molecule has 1 aliphatic heterocycles. The van der Waals surface area contributed by atoms with Crippen LogP contribution in [0.4, 0.5) is 0 Å². The van der Waals surface area contributed by atoms with Gasteiger partial charge in [-0.05, 0) is 41.3 Å². The maximum atomic E-state index is 13.3. The number of carbonyl (C=O) groups is 1. The van der Waals surface area contributed by atoms with Gasteiger partial charge >= 0.3 is 5.97 Å². The Labute approximate surface area is 170 Å². The monoisotopic (exact) mass is 409 g/mol. The molecule has 1 fully saturated rings. The molecule has 0 unspecified atom stereocenters. The van der Waals surface area contributed by atoms with E-state index < -0.39 is 16.0 Å². The molecule has 0 atom stereocenters. The lowest BCUT2D eigenvalue weighted by atomic mass is 9.89. The number of sulfonamides is 1. The van der Waals surface area contributed by atoms with E-state index in [4.69, 9.17) is 5.11 Å². The van der Waals surface area contributed by atoms with Crippen LogP contribution >= 0.6 is 0 Å². The second-order valence-corrected chi connectivity index (χ2v) is 9.37. The number of carboxylic acids is 1. The molecule has 1 heterocycles. The van der Waals surface area contributed by atoms with Crippen molar-refractivity contribution in [3.63, 3.8) is 0 Å². The zero-order valence-electron chi connectivity index (χ0n) is 16.0. The molecule has 0 saturated carbocycles. The lowest BCUT2D eigenvalue weighted by molar-refractivity contribution is -0.136. The SMILES string of the molecule is O=C(O)Cc1ccc(C2CCN(S(=O)(=O)c3cccc4ccccc34)CC2)cc1. The van der Waals surface area contributed by atoms with Gasteiger partial charge in [0, 0.05) is 18.5 Å². The van der Waals surface area contributed by atoms with Gasteiger partial charge in [0.1, 0.15) is 0 Å². The summed E-state index contributed by atoms with van der Waals surface area (Å²) in [5.74, 6) is -0.558. The summed E-state index contributed by atoms with van der Waals surface area (Å²) in [6.45, 7) is 0.959. The third kappa shape index (κ3) is 4.04. The second-order valence-electron chi connectivity index (χ2n) is 7.47. The Kier molecular flexibility index (Phi) is 5.39. The van der Waals surface area contributed by atoms with Crippen molar-refractivity contribution < 1.29 is 18.3 Å². The van der Waals surface area contributed by atoms with Crippen LogP contribution in [-0.2, 0) is 21.2 Å². The number of carboxylic acid groups (broad SMARTS) is 1. The first-order valence-electron chi connectivity index (χ1n) is 9.74. The number of nitrogens with zero attached hydrogens (tertiary/aromatic N) is 1. The van der Waals surface area contributed by atoms with Crippen LogP contribution in [0, 0.1) is 0 Å². The molecular weight excluding hydrogens is 386 g/mol. The molecule has 3 aromatic rings. The Morgan fingerprint density at radius 3 is 2.28 bits per heavy atom. The first-order chi connectivity index (χ1) is 13.9. The summed E-state index contributed by atoms with van der Waals surface area (Å²) in [5, 5.41) is 10.6. The normalized spacial score (nSPS) is 16.1. The fourth-order valence-corrected chi connectivity index (χ4v) is 5.76. The Hall–Kier alpha value is -2.70. The average molecular weight is 410 g/mol. The third-order valence-electron chi connectivity index (χ3n) is 5.63. The van der Waals surface area contributed by atoms with Crippen LogP contribution in [0.25, 0.3) is 10.8 Å². The van der Waals surface area contributed by atoms with E-state index in [-0.39, 0.29) is 12.3 Å². The van der Waals surface area contributed by atoms with Crippen molar-refractivity contribution in [1.82, 2.24) is 4.31 Å². The summed E-state index contributed by atoms with van der Waals surface area (Å²) < 4.78 is 28.1. The molecule has 0 spiro atoms. The van der Waals surface area contributed by atoms with E-state index in [1.807, 2.05) is 54.6 Å². The highest BCUT2D eigenvalue weighted by Gasteiger charge is 2.30. The Morgan fingerprint density at radius 1 is 0.931 bits per heavy atom. The van der Waals surface area contributed by atoms with E-state index in [1.165, 1.54) is 0 Å². The predicted octanol–water partition coefficient (Wildman–Crippen LogP) is 4.04. The Balaban J connectivity index is 1.49. The summed E-state index contributed by atoms with van der Waals surface area (Å²) in [5.41, 5.74) is 1.92. The molecule has 0 radical (unpaired) electrons. The van der Waals surface area contributed by atoms with Crippen molar-refractivity contribution in [2.75, 3.05) is 13.1 Å². The van der Waals surface area contributed by atoms with Crippen molar-refractivity contribution >= 4 is 26.8 Å². The standard InChI is InChI=1S/C23H23NO4S/c25-23(26)16-17-8-10-18(11-9-17)19-12-14-24(15-13-19)29(27,28)22-7-3-5-20-4-1-2-6-21(20)22/h1-11,19H,12-16H2,(H,25,26). The van der Waals surface area contributed by atoms with E-state index in [1.54, 1.807) is 16.4 Å². The Morgan fingerprint density at radius 2 is 1.59 bits per heavy atom. The van der Waals surface area contributed by atoms with Gasteiger partial charge in [-0.3, -0.25) is 4.79 Å². The Bertz CT molecular complexity index is 1130. The number of aliphatic carboxylic acids is 1. The molecule has 0 aromatic heterocycles. The molecule has 4 rings (SSSR count). The van der Waals surface area contributed by atoms with Gasteiger partial charge < -0.3 is 5.11 Å². The summed E-state index contributed by atoms with van der Waals surface area (Å²) in [4.78, 5) is 11.2. The first-order valence-corrected chi connectivity index (χ1v) is 11.2. The molecule has 29 heavy (non-hydrogen) atoms. The van der Waals surface area contributed by atoms with Gasteiger partial charge in [-0.25, -0.2) is 8.42 Å². The fourth-order valence-electron chi connectivity index (χ4n) is 4.07. The minimum absolute atomic E-state index is 0.0159. The zero-order chi connectivity index (χ0) is 20.4. The molecule has 0 bridgehead atoms. The number of hydrogen-bond acceptors (Lipinski definition) is 3. The van der Waals surface area contributed by atoms with Crippen LogP contribution < -0.4 is 0 Å². The van der Waals surface area contributed by atoms with Crippen LogP contribution in [0.2, 0.25) is 0 Å². The van der Waals surface area contributed by atoms with Crippen molar-refractivity contribution in [2.45, 2.75) is 30.1 Å². The molecule has 5 nitrogen and oxygen atoms in total. The number of fused-ring (bicyclic) bond motifs is 1. The summed E-state index contributed by atoms with van der Waals surface area (Å²) in [7, 11) is -3.55. The molecule has 1 N–H and O–H groups in total. The first kappa shape index (κ1) is 19.6. The quantitative estimate of drug-likeness (QED) is 0.690. The van der Waals surface area contributed by atoms with Gasteiger partial charge in [-0.1, -0.05) is 60.7 Å². The summed E-state index contributed by atoms with van der Waals surface area (Å²) >= 11 is 0. The van der Waals surface area contributed by atoms with Crippen LogP contribution in [0.15, 0.2) is 71.6 Å². The van der Waals surface area contributed by atoms with Crippen LogP contribution in [-0.4, -0.2) is 36.9 Å². The number of hydrogen-bond donors (Lipinski definition) is 1.